The number of fused-ring (bicyclic) bond motifs is 1. The van der Waals surface area contributed by atoms with Crippen LogP contribution in [0.1, 0.15) is 38.7 Å². The lowest BCUT2D eigenvalue weighted by molar-refractivity contribution is 0.0281. The molecular weight excluding hydrogens is 328 g/mol. The standard InChI is InChI=1S/C21H26N2O3/c1-21(2,3)26-20(24)23(4)14-16-10-12-25-19-17(8-5-9-18(16)19)15-7-6-11-22-13-15/h5-9,11,13,16H,10,12,14H2,1-4H3/t16-/m1/s1. The van der Waals surface area contributed by atoms with Crippen molar-refractivity contribution in [2.75, 3.05) is 20.2 Å². The third-order valence-corrected chi connectivity index (χ3v) is 4.37. The fourth-order valence-corrected chi connectivity index (χ4v) is 3.18. The van der Waals surface area contributed by atoms with Crippen LogP contribution in [0.15, 0.2) is 42.7 Å². The van der Waals surface area contributed by atoms with E-state index >= 15 is 0 Å². The molecule has 1 atom stereocenters. The summed E-state index contributed by atoms with van der Waals surface area (Å²) in [5.74, 6) is 1.11. The number of amides is 1. The SMILES string of the molecule is CN(C[C@H]1CCOc2c(-c3cccnc3)cccc21)C(=O)OC(C)(C)C. The molecule has 3 rings (SSSR count). The van der Waals surface area contributed by atoms with Crippen LogP contribution in [0.2, 0.25) is 0 Å². The summed E-state index contributed by atoms with van der Waals surface area (Å²) >= 11 is 0. The lowest BCUT2D eigenvalue weighted by Gasteiger charge is -2.31. The normalized spacial score (nSPS) is 16.4. The van der Waals surface area contributed by atoms with E-state index in [2.05, 4.69) is 17.1 Å². The third kappa shape index (κ3) is 4.15. The Morgan fingerprint density at radius 1 is 1.31 bits per heavy atom. The van der Waals surface area contributed by atoms with Gasteiger partial charge in [0, 0.05) is 43.0 Å². The predicted molar refractivity (Wildman–Crippen MR) is 101 cm³/mol. The summed E-state index contributed by atoms with van der Waals surface area (Å²) in [6.45, 7) is 6.87. The number of likely N-dealkylation sites (N-methyl/N-ethyl adjacent to an activating group) is 1. The van der Waals surface area contributed by atoms with Gasteiger partial charge in [-0.15, -0.1) is 0 Å². The Hall–Kier alpha value is -2.56. The quantitative estimate of drug-likeness (QED) is 0.815. The number of hydrogen-bond acceptors (Lipinski definition) is 4. The molecule has 0 saturated carbocycles. The first-order chi connectivity index (χ1) is 12.3. The number of nitrogens with zero attached hydrogens (tertiary/aromatic N) is 2. The number of carbonyl (C=O) groups excluding carboxylic acids is 1. The topological polar surface area (TPSA) is 51.7 Å². The molecule has 5 heteroatoms. The highest BCUT2D eigenvalue weighted by molar-refractivity contribution is 5.72. The highest BCUT2D eigenvalue weighted by atomic mass is 16.6. The first-order valence-corrected chi connectivity index (χ1v) is 8.95. The van der Waals surface area contributed by atoms with Crippen molar-refractivity contribution in [3.8, 4) is 16.9 Å². The van der Waals surface area contributed by atoms with Crippen LogP contribution in [0.5, 0.6) is 5.75 Å². The summed E-state index contributed by atoms with van der Waals surface area (Å²) in [4.78, 5) is 18.2. The molecule has 0 fully saturated rings. The van der Waals surface area contributed by atoms with Crippen LogP contribution in [0.3, 0.4) is 0 Å². The van der Waals surface area contributed by atoms with E-state index in [-0.39, 0.29) is 12.0 Å². The molecule has 0 N–H and O–H groups in total. The Balaban J connectivity index is 1.83. The third-order valence-electron chi connectivity index (χ3n) is 4.37. The second-order valence-electron chi connectivity index (χ2n) is 7.66. The van der Waals surface area contributed by atoms with Gasteiger partial charge in [0.05, 0.1) is 6.61 Å². The van der Waals surface area contributed by atoms with Crippen LogP contribution in [0, 0.1) is 0 Å². The smallest absolute Gasteiger partial charge is 0.410 e. The molecule has 5 nitrogen and oxygen atoms in total. The Kier molecular flexibility index (Phi) is 5.16. The number of pyridine rings is 1. The van der Waals surface area contributed by atoms with Gasteiger partial charge in [-0.1, -0.05) is 24.3 Å². The van der Waals surface area contributed by atoms with Gasteiger partial charge in [0.2, 0.25) is 0 Å². The van der Waals surface area contributed by atoms with Crippen molar-refractivity contribution in [3.63, 3.8) is 0 Å². The average molecular weight is 354 g/mol. The molecule has 1 aromatic heterocycles. The van der Waals surface area contributed by atoms with E-state index < -0.39 is 5.60 Å². The second kappa shape index (κ2) is 7.36. The van der Waals surface area contributed by atoms with E-state index in [4.69, 9.17) is 9.47 Å². The molecule has 0 radical (unpaired) electrons. The minimum atomic E-state index is -0.494. The summed E-state index contributed by atoms with van der Waals surface area (Å²) in [5, 5.41) is 0. The molecule has 138 valence electrons. The zero-order valence-electron chi connectivity index (χ0n) is 15.9. The van der Waals surface area contributed by atoms with E-state index in [1.54, 1.807) is 18.1 Å². The molecule has 0 bridgehead atoms. The van der Waals surface area contributed by atoms with Gasteiger partial charge < -0.3 is 14.4 Å². The number of benzene rings is 1. The number of carbonyl (C=O) groups is 1. The minimum absolute atomic E-state index is 0.216. The summed E-state index contributed by atoms with van der Waals surface area (Å²) in [5.41, 5.74) is 2.71. The van der Waals surface area contributed by atoms with Crippen LogP contribution in [-0.2, 0) is 4.74 Å². The number of aromatic nitrogens is 1. The van der Waals surface area contributed by atoms with Crippen molar-refractivity contribution in [1.29, 1.82) is 0 Å². The van der Waals surface area contributed by atoms with Crippen LogP contribution in [0.25, 0.3) is 11.1 Å². The zero-order chi connectivity index (χ0) is 18.7. The number of rotatable bonds is 3. The zero-order valence-corrected chi connectivity index (χ0v) is 15.9. The van der Waals surface area contributed by atoms with Crippen LogP contribution < -0.4 is 4.74 Å². The Bertz CT molecular complexity index is 769. The molecule has 2 aromatic rings. The molecule has 1 aliphatic heterocycles. The number of hydrogen-bond donors (Lipinski definition) is 0. The second-order valence-corrected chi connectivity index (χ2v) is 7.66. The molecule has 1 amide bonds. The van der Waals surface area contributed by atoms with Crippen LogP contribution >= 0.6 is 0 Å². The molecule has 1 aliphatic rings. The van der Waals surface area contributed by atoms with E-state index in [9.17, 15) is 4.79 Å². The molecule has 0 saturated heterocycles. The van der Waals surface area contributed by atoms with Gasteiger partial charge >= 0.3 is 6.09 Å². The molecule has 1 aromatic carbocycles. The predicted octanol–water partition coefficient (Wildman–Crippen LogP) is 4.48. The first-order valence-electron chi connectivity index (χ1n) is 8.95. The van der Waals surface area contributed by atoms with E-state index in [0.717, 1.165) is 28.9 Å². The van der Waals surface area contributed by atoms with Gasteiger partial charge in [0.1, 0.15) is 11.4 Å². The fourth-order valence-electron chi connectivity index (χ4n) is 3.18. The van der Waals surface area contributed by atoms with Crippen molar-refractivity contribution in [1.82, 2.24) is 9.88 Å². The highest BCUT2D eigenvalue weighted by Gasteiger charge is 2.28. The van der Waals surface area contributed by atoms with Crippen molar-refractivity contribution < 1.29 is 14.3 Å². The van der Waals surface area contributed by atoms with Crippen molar-refractivity contribution in [2.24, 2.45) is 0 Å². The molecule has 0 spiro atoms. The molecule has 26 heavy (non-hydrogen) atoms. The number of ether oxygens (including phenoxy) is 2. The Labute approximate surface area is 155 Å². The van der Waals surface area contributed by atoms with E-state index in [0.29, 0.717) is 13.2 Å². The van der Waals surface area contributed by atoms with Crippen molar-refractivity contribution in [3.05, 3.63) is 48.3 Å². The fraction of sp³-hybridized carbons (Fsp3) is 0.429. The van der Waals surface area contributed by atoms with Crippen LogP contribution in [-0.4, -0.2) is 41.8 Å². The average Bonchev–Trinajstić information content (AvgIpc) is 2.61. The Morgan fingerprint density at radius 3 is 2.81 bits per heavy atom. The van der Waals surface area contributed by atoms with Gasteiger partial charge in [0.15, 0.2) is 0 Å². The van der Waals surface area contributed by atoms with Gasteiger partial charge in [-0.2, -0.15) is 0 Å². The maximum Gasteiger partial charge on any atom is 0.410 e. The molecule has 2 heterocycles. The molecule has 0 aliphatic carbocycles. The maximum atomic E-state index is 12.3. The van der Waals surface area contributed by atoms with Crippen LogP contribution in [0.4, 0.5) is 4.79 Å². The van der Waals surface area contributed by atoms with Crippen molar-refractivity contribution in [2.45, 2.75) is 38.7 Å². The summed E-state index contributed by atoms with van der Waals surface area (Å²) in [6, 6.07) is 10.1. The van der Waals surface area contributed by atoms with Gasteiger partial charge in [-0.05, 0) is 38.8 Å². The largest absolute Gasteiger partial charge is 0.493 e. The van der Waals surface area contributed by atoms with E-state index in [1.165, 1.54) is 0 Å². The lowest BCUT2D eigenvalue weighted by Crippen LogP contribution is -2.37. The Morgan fingerprint density at radius 2 is 2.12 bits per heavy atom. The maximum absolute atomic E-state index is 12.3. The van der Waals surface area contributed by atoms with Gasteiger partial charge in [0.25, 0.3) is 0 Å². The highest BCUT2D eigenvalue weighted by Crippen LogP contribution is 2.41. The molecule has 0 unspecified atom stereocenters. The van der Waals surface area contributed by atoms with Crippen molar-refractivity contribution >= 4 is 6.09 Å². The first kappa shape index (κ1) is 18.2. The summed E-state index contributed by atoms with van der Waals surface area (Å²) < 4.78 is 11.5. The van der Waals surface area contributed by atoms with E-state index in [1.807, 2.05) is 45.2 Å². The summed E-state index contributed by atoms with van der Waals surface area (Å²) in [6.07, 6.45) is 4.18. The van der Waals surface area contributed by atoms with Gasteiger partial charge in [-0.25, -0.2) is 4.79 Å². The monoisotopic (exact) mass is 354 g/mol. The minimum Gasteiger partial charge on any atom is -0.493 e. The van der Waals surface area contributed by atoms with Gasteiger partial charge in [-0.3, -0.25) is 4.98 Å². The molecular formula is C21H26N2O3. The lowest BCUT2D eigenvalue weighted by atomic mass is 9.89. The summed E-state index contributed by atoms with van der Waals surface area (Å²) in [7, 11) is 1.79. The number of para-hydroxylation sites is 1.